The van der Waals surface area contributed by atoms with Crippen molar-refractivity contribution < 1.29 is 19.1 Å². The molecular formula is C19H14BrN3O4. The molecule has 7 nitrogen and oxygen atoms in total. The van der Waals surface area contributed by atoms with Crippen LogP contribution < -0.4 is 10.3 Å². The summed E-state index contributed by atoms with van der Waals surface area (Å²) in [4.78, 5) is 39.1. The number of fused-ring (bicyclic) bond motifs is 1. The maximum atomic E-state index is 12.9. The van der Waals surface area contributed by atoms with Crippen molar-refractivity contribution in [2.75, 3.05) is 4.90 Å². The van der Waals surface area contributed by atoms with Gasteiger partial charge >= 0.3 is 5.97 Å². The Morgan fingerprint density at radius 1 is 1.07 bits per heavy atom. The van der Waals surface area contributed by atoms with Gasteiger partial charge < -0.3 is 4.74 Å². The highest BCUT2D eigenvalue weighted by Gasteiger charge is 2.56. The molecule has 2 unspecified atom stereocenters. The number of anilines is 1. The largest absolute Gasteiger partial charge is 0.456 e. The quantitative estimate of drug-likeness (QED) is 0.595. The molecule has 0 aromatic heterocycles. The van der Waals surface area contributed by atoms with E-state index in [0.717, 1.165) is 10.5 Å². The normalized spacial score (nSPS) is 20.9. The van der Waals surface area contributed by atoms with Gasteiger partial charge in [-0.25, -0.2) is 9.69 Å². The van der Waals surface area contributed by atoms with Gasteiger partial charge in [-0.1, -0.05) is 42.5 Å². The van der Waals surface area contributed by atoms with E-state index in [0.29, 0.717) is 10.2 Å². The molecule has 2 aromatic carbocycles. The van der Waals surface area contributed by atoms with Gasteiger partial charge in [0.1, 0.15) is 18.6 Å². The number of nitrogens with one attached hydrogen (secondary N) is 1. The number of rotatable bonds is 4. The van der Waals surface area contributed by atoms with E-state index in [2.05, 4.69) is 26.5 Å². The van der Waals surface area contributed by atoms with Gasteiger partial charge in [0, 0.05) is 4.47 Å². The lowest BCUT2D eigenvalue weighted by Gasteiger charge is -2.17. The lowest BCUT2D eigenvalue weighted by molar-refractivity contribution is -0.137. The first-order chi connectivity index (χ1) is 13.1. The monoisotopic (exact) mass is 427 g/mol. The number of carbonyl (C=O) groups excluding carboxylic acids is 3. The average Bonchev–Trinajstić information content (AvgIpc) is 3.22. The Morgan fingerprint density at radius 2 is 1.78 bits per heavy atom. The van der Waals surface area contributed by atoms with Crippen LogP contribution in [0.15, 0.2) is 64.2 Å². The van der Waals surface area contributed by atoms with Crippen molar-refractivity contribution in [2.45, 2.75) is 12.6 Å². The Morgan fingerprint density at radius 3 is 2.52 bits per heavy atom. The number of para-hydroxylation sites is 1. The van der Waals surface area contributed by atoms with Crippen molar-refractivity contribution in [1.82, 2.24) is 5.43 Å². The molecule has 136 valence electrons. The summed E-state index contributed by atoms with van der Waals surface area (Å²) in [6.45, 7) is 0.0617. The number of ether oxygens (including phenoxy) is 1. The summed E-state index contributed by atoms with van der Waals surface area (Å²) >= 11 is 3.35. The summed E-state index contributed by atoms with van der Waals surface area (Å²) in [5, 5.41) is 3.90. The molecule has 0 radical (unpaired) electrons. The molecule has 2 heterocycles. The fraction of sp³-hybridized carbons (Fsp3) is 0.158. The summed E-state index contributed by atoms with van der Waals surface area (Å²) in [7, 11) is 0. The molecule has 1 N–H and O–H groups in total. The van der Waals surface area contributed by atoms with Crippen molar-refractivity contribution in [2.24, 2.45) is 11.0 Å². The lowest BCUT2D eigenvalue weighted by atomic mass is 9.99. The SMILES string of the molecule is O=C(OCc1ccccc1)C1=NNC2C(=O)N(c3ccccc3Br)C(=O)C12. The molecule has 1 saturated heterocycles. The fourth-order valence-corrected chi connectivity index (χ4v) is 3.59. The summed E-state index contributed by atoms with van der Waals surface area (Å²) in [6, 6.07) is 15.2. The van der Waals surface area contributed by atoms with E-state index in [1.807, 2.05) is 30.3 Å². The van der Waals surface area contributed by atoms with Gasteiger partial charge in [0.25, 0.3) is 5.91 Å². The Labute approximate surface area is 163 Å². The Kier molecular flexibility index (Phi) is 4.49. The van der Waals surface area contributed by atoms with E-state index in [9.17, 15) is 14.4 Å². The van der Waals surface area contributed by atoms with Crippen LogP contribution in [-0.2, 0) is 25.7 Å². The molecule has 0 spiro atoms. The molecule has 1 fully saturated rings. The first-order valence-electron chi connectivity index (χ1n) is 8.24. The summed E-state index contributed by atoms with van der Waals surface area (Å²) in [6.07, 6.45) is 0. The number of carbonyl (C=O) groups is 3. The summed E-state index contributed by atoms with van der Waals surface area (Å²) < 4.78 is 5.88. The molecule has 2 amide bonds. The van der Waals surface area contributed by atoms with Crippen LogP contribution in [0.2, 0.25) is 0 Å². The van der Waals surface area contributed by atoms with Crippen LogP contribution in [0.1, 0.15) is 5.56 Å². The molecule has 2 aliphatic heterocycles. The highest BCUT2D eigenvalue weighted by Crippen LogP contribution is 2.34. The van der Waals surface area contributed by atoms with Crippen molar-refractivity contribution in [1.29, 1.82) is 0 Å². The first-order valence-corrected chi connectivity index (χ1v) is 9.03. The average molecular weight is 428 g/mol. The minimum atomic E-state index is -0.993. The van der Waals surface area contributed by atoms with Crippen LogP contribution in [0.3, 0.4) is 0 Å². The number of benzene rings is 2. The van der Waals surface area contributed by atoms with E-state index < -0.39 is 29.7 Å². The van der Waals surface area contributed by atoms with Crippen LogP contribution in [0.25, 0.3) is 0 Å². The molecular weight excluding hydrogens is 414 g/mol. The first kappa shape index (κ1) is 17.4. The molecule has 4 rings (SSSR count). The van der Waals surface area contributed by atoms with Crippen LogP contribution in [0.5, 0.6) is 0 Å². The van der Waals surface area contributed by atoms with Gasteiger partial charge in [-0.3, -0.25) is 15.0 Å². The Hall–Kier alpha value is -3.00. The molecule has 0 bridgehead atoms. The number of hydrazone groups is 1. The third-order valence-electron chi connectivity index (χ3n) is 4.44. The number of esters is 1. The number of imide groups is 1. The zero-order chi connectivity index (χ0) is 19.0. The predicted octanol–water partition coefficient (Wildman–Crippen LogP) is 2.01. The predicted molar refractivity (Wildman–Crippen MR) is 101 cm³/mol. The van der Waals surface area contributed by atoms with E-state index >= 15 is 0 Å². The van der Waals surface area contributed by atoms with Crippen LogP contribution >= 0.6 is 15.9 Å². The molecule has 0 aliphatic carbocycles. The highest BCUT2D eigenvalue weighted by molar-refractivity contribution is 9.10. The number of amides is 2. The van der Waals surface area contributed by atoms with E-state index in [-0.39, 0.29) is 12.3 Å². The zero-order valence-corrected chi connectivity index (χ0v) is 15.5. The third-order valence-corrected chi connectivity index (χ3v) is 5.11. The van der Waals surface area contributed by atoms with Gasteiger partial charge in [0.2, 0.25) is 5.91 Å². The van der Waals surface area contributed by atoms with E-state index in [1.54, 1.807) is 24.3 Å². The van der Waals surface area contributed by atoms with Crippen molar-refractivity contribution in [3.8, 4) is 0 Å². The Balaban J connectivity index is 1.53. The maximum absolute atomic E-state index is 12.9. The van der Waals surface area contributed by atoms with Crippen LogP contribution in [0.4, 0.5) is 5.69 Å². The summed E-state index contributed by atoms with van der Waals surface area (Å²) in [5.74, 6) is -2.66. The van der Waals surface area contributed by atoms with Crippen molar-refractivity contribution >= 4 is 45.1 Å². The minimum absolute atomic E-state index is 0.0617. The number of hydrogen-bond acceptors (Lipinski definition) is 6. The minimum Gasteiger partial charge on any atom is -0.456 e. The smallest absolute Gasteiger partial charge is 0.355 e. The van der Waals surface area contributed by atoms with Gasteiger partial charge in [-0.05, 0) is 33.6 Å². The molecule has 2 aliphatic rings. The zero-order valence-electron chi connectivity index (χ0n) is 14.0. The topological polar surface area (TPSA) is 88.1 Å². The van der Waals surface area contributed by atoms with Gasteiger partial charge in [-0.2, -0.15) is 5.10 Å². The second kappa shape index (κ2) is 6.96. The summed E-state index contributed by atoms with van der Waals surface area (Å²) in [5.41, 5.74) is 3.78. The molecule has 2 aromatic rings. The van der Waals surface area contributed by atoms with Crippen LogP contribution in [-0.4, -0.2) is 29.5 Å². The van der Waals surface area contributed by atoms with Crippen molar-refractivity contribution in [3.05, 3.63) is 64.6 Å². The third kappa shape index (κ3) is 3.02. The van der Waals surface area contributed by atoms with Crippen LogP contribution in [0, 0.1) is 5.92 Å². The second-order valence-corrected chi connectivity index (χ2v) is 6.96. The second-order valence-electron chi connectivity index (χ2n) is 6.11. The van der Waals surface area contributed by atoms with Gasteiger partial charge in [-0.15, -0.1) is 0 Å². The molecule has 8 heteroatoms. The number of hydrogen-bond donors (Lipinski definition) is 1. The Bertz CT molecular complexity index is 960. The molecule has 2 atom stereocenters. The highest BCUT2D eigenvalue weighted by atomic mass is 79.9. The molecule has 27 heavy (non-hydrogen) atoms. The standard InChI is InChI=1S/C19H14BrN3O4/c20-12-8-4-5-9-13(12)23-17(24)14-15(18(23)25)21-22-16(14)19(26)27-10-11-6-2-1-3-7-11/h1-9,14-15,21H,10H2. The van der Waals surface area contributed by atoms with E-state index in [4.69, 9.17) is 4.74 Å². The van der Waals surface area contributed by atoms with Crippen molar-refractivity contribution in [3.63, 3.8) is 0 Å². The fourth-order valence-electron chi connectivity index (χ4n) is 3.13. The molecule has 0 saturated carbocycles. The van der Waals surface area contributed by atoms with Gasteiger partial charge in [0.15, 0.2) is 5.71 Å². The van der Waals surface area contributed by atoms with Gasteiger partial charge in [0.05, 0.1) is 5.69 Å². The number of nitrogens with zero attached hydrogens (tertiary/aromatic N) is 2. The maximum Gasteiger partial charge on any atom is 0.355 e. The van der Waals surface area contributed by atoms with E-state index in [1.165, 1.54) is 0 Å². The lowest BCUT2D eigenvalue weighted by Crippen LogP contribution is -2.36. The number of halogens is 1.